The van der Waals surface area contributed by atoms with Gasteiger partial charge in [0, 0.05) is 28.2 Å². The van der Waals surface area contributed by atoms with Gasteiger partial charge in [-0.2, -0.15) is 0 Å². The number of aromatic amines is 1. The summed E-state index contributed by atoms with van der Waals surface area (Å²) in [4.78, 5) is 26.7. The maximum Gasteiger partial charge on any atom is 0.340 e. The third kappa shape index (κ3) is 2.62. The monoisotopic (exact) mass is 302 g/mol. The van der Waals surface area contributed by atoms with Gasteiger partial charge in [-0.1, -0.05) is 29.5 Å². The molecule has 1 N–H and O–H groups in total. The van der Waals surface area contributed by atoms with E-state index in [1.54, 1.807) is 16.1 Å². The van der Waals surface area contributed by atoms with Crippen molar-refractivity contribution in [1.82, 2.24) is 9.55 Å². The van der Waals surface area contributed by atoms with Gasteiger partial charge in [-0.15, -0.1) is 0 Å². The number of nitrogens with zero attached hydrogens (tertiary/aromatic N) is 1. The average molecular weight is 302 g/mol. The molecule has 21 heavy (non-hydrogen) atoms. The van der Waals surface area contributed by atoms with Crippen LogP contribution in [0.2, 0.25) is 0 Å². The highest BCUT2D eigenvalue weighted by molar-refractivity contribution is 7.07. The van der Waals surface area contributed by atoms with Crippen LogP contribution in [0.15, 0.2) is 40.6 Å². The molecule has 0 aliphatic heterocycles. The van der Waals surface area contributed by atoms with Gasteiger partial charge in [0.2, 0.25) is 0 Å². The fraction of sp³-hybridized carbons (Fsp3) is 0.200. The predicted octanol–water partition coefficient (Wildman–Crippen LogP) is 2.56. The summed E-state index contributed by atoms with van der Waals surface area (Å²) in [7, 11) is 0. The van der Waals surface area contributed by atoms with Crippen LogP contribution < -0.4 is 4.87 Å². The van der Waals surface area contributed by atoms with Gasteiger partial charge in [0.25, 0.3) is 0 Å². The van der Waals surface area contributed by atoms with Crippen LogP contribution in [0.3, 0.4) is 0 Å². The highest BCUT2D eigenvalue weighted by Gasteiger charge is 2.13. The van der Waals surface area contributed by atoms with E-state index in [2.05, 4.69) is 4.98 Å². The zero-order valence-electron chi connectivity index (χ0n) is 11.5. The van der Waals surface area contributed by atoms with Gasteiger partial charge in [0.15, 0.2) is 0 Å². The number of carbonyl (C=O) groups excluding carboxylic acids is 1. The van der Waals surface area contributed by atoms with E-state index in [0.29, 0.717) is 12.1 Å². The highest BCUT2D eigenvalue weighted by Crippen LogP contribution is 2.18. The molecule has 0 aliphatic carbocycles. The van der Waals surface area contributed by atoms with E-state index in [0.717, 1.165) is 27.9 Å². The molecule has 3 aromatic rings. The lowest BCUT2D eigenvalue weighted by atomic mass is 10.2. The van der Waals surface area contributed by atoms with Crippen LogP contribution in [0.1, 0.15) is 16.1 Å². The second kappa shape index (κ2) is 5.57. The van der Waals surface area contributed by atoms with Crippen LogP contribution in [0.25, 0.3) is 10.9 Å². The lowest BCUT2D eigenvalue weighted by Gasteiger charge is -2.06. The molecule has 2 aromatic heterocycles. The van der Waals surface area contributed by atoms with Gasteiger partial charge in [-0.25, -0.2) is 4.79 Å². The summed E-state index contributed by atoms with van der Waals surface area (Å²) in [5.41, 5.74) is 2.29. The molecule has 0 atom stereocenters. The van der Waals surface area contributed by atoms with E-state index in [1.165, 1.54) is 0 Å². The summed E-state index contributed by atoms with van der Waals surface area (Å²) in [5, 5.41) is 2.63. The number of nitrogens with one attached hydrogen (secondary N) is 1. The largest absolute Gasteiger partial charge is 0.460 e. The lowest BCUT2D eigenvalue weighted by molar-refractivity contribution is 0.0492. The predicted molar refractivity (Wildman–Crippen MR) is 81.9 cm³/mol. The standard InChI is InChI=1S/C15H14N2O3S/c1-10-9-21-15(19)17(10)6-7-20-14(18)12-8-16-13-5-3-2-4-11(12)13/h2-5,8-9,16H,6-7H2,1H3. The maximum absolute atomic E-state index is 12.1. The summed E-state index contributed by atoms with van der Waals surface area (Å²) in [6.45, 7) is 2.41. The average Bonchev–Trinajstić information content (AvgIpc) is 3.05. The minimum absolute atomic E-state index is 0.0318. The zero-order valence-corrected chi connectivity index (χ0v) is 12.3. The molecule has 0 aliphatic rings. The molecule has 1 aromatic carbocycles. The Morgan fingerprint density at radius 3 is 2.95 bits per heavy atom. The molecule has 0 saturated heterocycles. The Labute approximate surface area is 124 Å². The number of aromatic nitrogens is 2. The maximum atomic E-state index is 12.1. The summed E-state index contributed by atoms with van der Waals surface area (Å²) >= 11 is 1.15. The van der Waals surface area contributed by atoms with Crippen molar-refractivity contribution in [3.05, 3.63) is 56.8 Å². The summed E-state index contributed by atoms with van der Waals surface area (Å²) in [5.74, 6) is -0.381. The van der Waals surface area contributed by atoms with Crippen molar-refractivity contribution < 1.29 is 9.53 Å². The molecular formula is C15H14N2O3S. The van der Waals surface area contributed by atoms with Crippen LogP contribution in [-0.4, -0.2) is 22.1 Å². The fourth-order valence-corrected chi connectivity index (χ4v) is 2.98. The van der Waals surface area contributed by atoms with Crippen molar-refractivity contribution in [3.63, 3.8) is 0 Å². The number of ether oxygens (including phenoxy) is 1. The first-order valence-electron chi connectivity index (χ1n) is 6.55. The highest BCUT2D eigenvalue weighted by atomic mass is 32.1. The Bertz CT molecular complexity index is 844. The number of esters is 1. The van der Waals surface area contributed by atoms with Crippen LogP contribution in [0.4, 0.5) is 0 Å². The number of benzene rings is 1. The molecule has 0 unspecified atom stereocenters. The Balaban J connectivity index is 1.68. The van der Waals surface area contributed by atoms with Crippen LogP contribution >= 0.6 is 11.3 Å². The summed E-state index contributed by atoms with van der Waals surface area (Å²) in [6, 6.07) is 7.55. The molecule has 108 valence electrons. The van der Waals surface area contributed by atoms with Crippen molar-refractivity contribution >= 4 is 28.2 Å². The van der Waals surface area contributed by atoms with E-state index >= 15 is 0 Å². The minimum atomic E-state index is -0.381. The minimum Gasteiger partial charge on any atom is -0.460 e. The number of thiazole rings is 1. The SMILES string of the molecule is Cc1csc(=O)n1CCOC(=O)c1c[nH]c2ccccc12. The smallest absolute Gasteiger partial charge is 0.340 e. The number of fused-ring (bicyclic) bond motifs is 1. The number of hydrogen-bond donors (Lipinski definition) is 1. The Hall–Kier alpha value is -2.34. The third-order valence-electron chi connectivity index (χ3n) is 3.33. The molecule has 5 nitrogen and oxygen atoms in total. The van der Waals surface area contributed by atoms with Gasteiger partial charge in [0.05, 0.1) is 12.1 Å². The number of hydrogen-bond acceptors (Lipinski definition) is 4. The molecule has 0 bridgehead atoms. The normalized spacial score (nSPS) is 10.9. The topological polar surface area (TPSA) is 64.1 Å². The summed E-state index contributed by atoms with van der Waals surface area (Å²) in [6.07, 6.45) is 1.65. The third-order valence-corrected chi connectivity index (χ3v) is 4.21. The fourth-order valence-electron chi connectivity index (χ4n) is 2.22. The zero-order chi connectivity index (χ0) is 14.8. The van der Waals surface area contributed by atoms with Gasteiger partial charge in [-0.3, -0.25) is 9.36 Å². The molecule has 0 saturated carbocycles. The van der Waals surface area contributed by atoms with Crippen molar-refractivity contribution in [2.45, 2.75) is 13.5 Å². The van der Waals surface area contributed by atoms with E-state index < -0.39 is 0 Å². The van der Waals surface area contributed by atoms with Crippen LogP contribution in [0, 0.1) is 6.92 Å². The van der Waals surface area contributed by atoms with Crippen molar-refractivity contribution in [1.29, 1.82) is 0 Å². The molecule has 3 rings (SSSR count). The number of rotatable bonds is 4. The molecular weight excluding hydrogens is 288 g/mol. The Kier molecular flexibility index (Phi) is 3.62. The van der Waals surface area contributed by atoms with E-state index in [9.17, 15) is 9.59 Å². The number of aryl methyl sites for hydroxylation is 1. The van der Waals surface area contributed by atoms with Crippen molar-refractivity contribution in [2.24, 2.45) is 0 Å². The molecule has 0 fully saturated rings. The van der Waals surface area contributed by atoms with Gasteiger partial charge in [0.1, 0.15) is 6.61 Å². The molecule has 0 radical (unpaired) electrons. The number of carbonyl (C=O) groups is 1. The van der Waals surface area contributed by atoms with Gasteiger partial charge < -0.3 is 9.72 Å². The van der Waals surface area contributed by atoms with Gasteiger partial charge in [-0.05, 0) is 13.0 Å². The summed E-state index contributed by atoms with van der Waals surface area (Å²) < 4.78 is 6.87. The number of H-pyrrole nitrogens is 1. The Morgan fingerprint density at radius 2 is 2.19 bits per heavy atom. The Morgan fingerprint density at radius 1 is 1.38 bits per heavy atom. The number of para-hydroxylation sites is 1. The first-order valence-corrected chi connectivity index (χ1v) is 7.43. The van der Waals surface area contributed by atoms with E-state index in [1.807, 2.05) is 31.2 Å². The molecule has 6 heteroatoms. The second-order valence-corrected chi connectivity index (χ2v) is 5.50. The van der Waals surface area contributed by atoms with E-state index in [4.69, 9.17) is 4.74 Å². The molecule has 0 amide bonds. The van der Waals surface area contributed by atoms with Crippen LogP contribution in [-0.2, 0) is 11.3 Å². The molecule has 2 heterocycles. The first-order chi connectivity index (χ1) is 10.2. The quantitative estimate of drug-likeness (QED) is 0.753. The van der Waals surface area contributed by atoms with E-state index in [-0.39, 0.29) is 17.4 Å². The second-order valence-electron chi connectivity index (χ2n) is 4.68. The molecule has 0 spiro atoms. The lowest BCUT2D eigenvalue weighted by Crippen LogP contribution is -2.19. The first kappa shape index (κ1) is 13.6. The van der Waals surface area contributed by atoms with Crippen molar-refractivity contribution in [3.8, 4) is 0 Å². The van der Waals surface area contributed by atoms with Gasteiger partial charge >= 0.3 is 10.8 Å². The van der Waals surface area contributed by atoms with Crippen LogP contribution in [0.5, 0.6) is 0 Å². The van der Waals surface area contributed by atoms with Crippen molar-refractivity contribution in [2.75, 3.05) is 6.61 Å².